The fourth-order valence-electron chi connectivity index (χ4n) is 3.52. The lowest BCUT2D eigenvalue weighted by Crippen LogP contribution is -2.51. The Balaban J connectivity index is 1.57. The van der Waals surface area contributed by atoms with Crippen LogP contribution in [0.15, 0.2) is 18.2 Å². The van der Waals surface area contributed by atoms with Crippen molar-refractivity contribution < 1.29 is 23.5 Å². The Morgan fingerprint density at radius 2 is 2.04 bits per heavy atom. The van der Waals surface area contributed by atoms with Crippen LogP contribution in [0.3, 0.4) is 0 Å². The van der Waals surface area contributed by atoms with Gasteiger partial charge in [0, 0.05) is 6.42 Å². The zero-order valence-corrected chi connectivity index (χ0v) is 14.6. The summed E-state index contributed by atoms with van der Waals surface area (Å²) < 4.78 is 18.5. The van der Waals surface area contributed by atoms with Gasteiger partial charge in [-0.2, -0.15) is 5.01 Å². The van der Waals surface area contributed by atoms with Crippen LogP contribution in [0.5, 0.6) is 5.75 Å². The monoisotopic (exact) mass is 363 g/mol. The van der Waals surface area contributed by atoms with Gasteiger partial charge in [0.15, 0.2) is 11.6 Å². The van der Waals surface area contributed by atoms with Gasteiger partial charge in [0.25, 0.3) is 5.91 Å². The second-order valence-electron chi connectivity index (χ2n) is 6.72. The number of amides is 4. The lowest BCUT2D eigenvalue weighted by Gasteiger charge is -2.30. The first-order valence-corrected chi connectivity index (χ1v) is 8.74. The first kappa shape index (κ1) is 18.2. The molecule has 1 aliphatic carbocycles. The van der Waals surface area contributed by atoms with Crippen molar-refractivity contribution in [3.63, 3.8) is 0 Å². The van der Waals surface area contributed by atoms with E-state index in [1.165, 1.54) is 19.2 Å². The second kappa shape index (κ2) is 7.31. The first-order valence-electron chi connectivity index (χ1n) is 8.74. The van der Waals surface area contributed by atoms with Gasteiger partial charge in [-0.1, -0.05) is 25.3 Å². The Morgan fingerprint density at radius 1 is 1.31 bits per heavy atom. The van der Waals surface area contributed by atoms with E-state index in [0.717, 1.165) is 24.3 Å². The van der Waals surface area contributed by atoms with Crippen molar-refractivity contribution in [2.24, 2.45) is 0 Å². The van der Waals surface area contributed by atoms with Crippen LogP contribution >= 0.6 is 0 Å². The van der Waals surface area contributed by atoms with Gasteiger partial charge in [-0.15, -0.1) is 0 Å². The quantitative estimate of drug-likeness (QED) is 0.784. The zero-order valence-electron chi connectivity index (χ0n) is 14.6. The standard InChI is InChI=1S/C18H22FN3O4/c1-26-14-7-5-12(11-13(14)19)6-8-15(23)21-22-16(24)18(20-17(22)25)9-3-2-4-10-18/h5,7,11H,2-4,6,8-10H2,1H3,(H,20,25)(H,21,23). The number of halogens is 1. The number of methoxy groups -OCH3 is 1. The molecule has 2 N–H and O–H groups in total. The van der Waals surface area contributed by atoms with Gasteiger partial charge in [-0.3, -0.25) is 15.0 Å². The van der Waals surface area contributed by atoms with Crippen LogP contribution in [-0.2, 0) is 16.0 Å². The van der Waals surface area contributed by atoms with Crippen molar-refractivity contribution in [2.75, 3.05) is 7.11 Å². The van der Waals surface area contributed by atoms with Gasteiger partial charge in [0.2, 0.25) is 5.91 Å². The number of hydrazine groups is 1. The van der Waals surface area contributed by atoms with Crippen LogP contribution in [0.25, 0.3) is 0 Å². The molecule has 140 valence electrons. The van der Waals surface area contributed by atoms with Gasteiger partial charge in [0.1, 0.15) is 5.54 Å². The molecule has 0 aromatic heterocycles. The third-order valence-electron chi connectivity index (χ3n) is 4.96. The maximum atomic E-state index is 13.7. The first-order chi connectivity index (χ1) is 12.4. The van der Waals surface area contributed by atoms with E-state index in [4.69, 9.17) is 4.74 Å². The third-order valence-corrected chi connectivity index (χ3v) is 4.96. The van der Waals surface area contributed by atoms with Crippen molar-refractivity contribution in [1.82, 2.24) is 15.8 Å². The summed E-state index contributed by atoms with van der Waals surface area (Å²) in [7, 11) is 1.38. The third kappa shape index (κ3) is 3.49. The maximum Gasteiger partial charge on any atom is 0.344 e. The molecule has 7 nitrogen and oxygen atoms in total. The van der Waals surface area contributed by atoms with E-state index in [1.54, 1.807) is 6.07 Å². The predicted octanol–water partition coefficient (Wildman–Crippen LogP) is 2.05. The fourth-order valence-corrected chi connectivity index (χ4v) is 3.52. The Kier molecular flexibility index (Phi) is 5.11. The number of carbonyl (C=O) groups is 3. The van der Waals surface area contributed by atoms with Crippen LogP contribution in [0.2, 0.25) is 0 Å². The normalized spacial score (nSPS) is 18.8. The molecule has 0 atom stereocenters. The molecule has 1 aliphatic heterocycles. The SMILES string of the molecule is COc1ccc(CCC(=O)NN2C(=O)NC3(CCCCC3)C2=O)cc1F. The molecule has 8 heteroatoms. The number of rotatable bonds is 5. The summed E-state index contributed by atoms with van der Waals surface area (Å²) in [6.07, 6.45) is 4.27. The molecule has 0 unspecified atom stereocenters. The summed E-state index contributed by atoms with van der Waals surface area (Å²) in [6.45, 7) is 0. The molecule has 1 heterocycles. The topological polar surface area (TPSA) is 87.7 Å². The molecule has 3 rings (SSSR count). The van der Waals surface area contributed by atoms with Crippen LogP contribution < -0.4 is 15.5 Å². The van der Waals surface area contributed by atoms with Gasteiger partial charge in [0.05, 0.1) is 7.11 Å². The van der Waals surface area contributed by atoms with Crippen molar-refractivity contribution in [1.29, 1.82) is 0 Å². The average molecular weight is 363 g/mol. The molecule has 1 aromatic rings. The molecule has 0 radical (unpaired) electrons. The number of ether oxygens (including phenoxy) is 1. The minimum Gasteiger partial charge on any atom is -0.494 e. The van der Waals surface area contributed by atoms with Crippen molar-refractivity contribution in [3.8, 4) is 5.75 Å². The summed E-state index contributed by atoms with van der Waals surface area (Å²) in [6, 6.07) is 3.87. The zero-order chi connectivity index (χ0) is 18.7. The lowest BCUT2D eigenvalue weighted by atomic mass is 9.82. The number of urea groups is 1. The van der Waals surface area contributed by atoms with E-state index >= 15 is 0 Å². The minimum atomic E-state index is -0.873. The van der Waals surface area contributed by atoms with Crippen molar-refractivity contribution in [3.05, 3.63) is 29.6 Å². The number of imide groups is 1. The number of hydrogen-bond donors (Lipinski definition) is 2. The minimum absolute atomic E-state index is 0.0236. The van der Waals surface area contributed by atoms with E-state index in [2.05, 4.69) is 10.7 Å². The highest BCUT2D eigenvalue weighted by molar-refractivity contribution is 6.08. The van der Waals surface area contributed by atoms with Crippen molar-refractivity contribution >= 4 is 17.8 Å². The van der Waals surface area contributed by atoms with Gasteiger partial charge < -0.3 is 10.1 Å². The predicted molar refractivity (Wildman–Crippen MR) is 90.6 cm³/mol. The van der Waals surface area contributed by atoms with Gasteiger partial charge >= 0.3 is 6.03 Å². The Morgan fingerprint density at radius 3 is 2.69 bits per heavy atom. The summed E-state index contributed by atoms with van der Waals surface area (Å²) >= 11 is 0. The summed E-state index contributed by atoms with van der Waals surface area (Å²) in [5.41, 5.74) is 2.12. The van der Waals surface area contributed by atoms with Crippen LogP contribution in [0, 0.1) is 5.82 Å². The van der Waals surface area contributed by atoms with E-state index in [-0.39, 0.29) is 18.6 Å². The van der Waals surface area contributed by atoms with Crippen molar-refractivity contribution in [2.45, 2.75) is 50.5 Å². The Bertz CT molecular complexity index is 731. The maximum absolute atomic E-state index is 13.7. The molecule has 0 bridgehead atoms. The molecular weight excluding hydrogens is 341 g/mol. The summed E-state index contributed by atoms with van der Waals surface area (Å²) in [5, 5.41) is 3.51. The van der Waals surface area contributed by atoms with Gasteiger partial charge in [-0.25, -0.2) is 9.18 Å². The lowest BCUT2D eigenvalue weighted by molar-refractivity contribution is -0.139. The molecular formula is C18H22FN3O4. The molecule has 1 aromatic carbocycles. The second-order valence-corrected chi connectivity index (χ2v) is 6.72. The summed E-state index contributed by atoms with van der Waals surface area (Å²) in [5.74, 6) is -1.24. The van der Waals surface area contributed by atoms with Gasteiger partial charge in [-0.05, 0) is 37.0 Å². The molecule has 4 amide bonds. The molecule has 1 saturated carbocycles. The number of aryl methyl sites for hydroxylation is 1. The van der Waals surface area contributed by atoms with Crippen LogP contribution in [-0.4, -0.2) is 35.5 Å². The number of nitrogens with one attached hydrogen (secondary N) is 2. The molecule has 1 saturated heterocycles. The molecule has 26 heavy (non-hydrogen) atoms. The summed E-state index contributed by atoms with van der Waals surface area (Å²) in [4.78, 5) is 36.8. The van der Waals surface area contributed by atoms with E-state index in [0.29, 0.717) is 18.4 Å². The Labute approximate surface area is 150 Å². The number of nitrogens with zero attached hydrogens (tertiary/aromatic N) is 1. The Hall–Kier alpha value is -2.64. The highest BCUT2D eigenvalue weighted by Crippen LogP contribution is 2.33. The highest BCUT2D eigenvalue weighted by atomic mass is 19.1. The smallest absolute Gasteiger partial charge is 0.344 e. The number of carbonyl (C=O) groups excluding carboxylic acids is 3. The fraction of sp³-hybridized carbons (Fsp3) is 0.500. The number of benzene rings is 1. The van der Waals surface area contributed by atoms with E-state index in [9.17, 15) is 18.8 Å². The van der Waals surface area contributed by atoms with Crippen LogP contribution in [0.4, 0.5) is 9.18 Å². The molecule has 1 spiro atoms. The average Bonchev–Trinajstić information content (AvgIpc) is 2.85. The number of hydrogen-bond acceptors (Lipinski definition) is 4. The van der Waals surface area contributed by atoms with E-state index < -0.39 is 29.2 Å². The molecule has 2 fully saturated rings. The highest BCUT2D eigenvalue weighted by Gasteiger charge is 2.52. The van der Waals surface area contributed by atoms with Crippen LogP contribution in [0.1, 0.15) is 44.1 Å². The van der Waals surface area contributed by atoms with E-state index in [1.807, 2.05) is 0 Å². The molecule has 2 aliphatic rings. The largest absolute Gasteiger partial charge is 0.494 e.